The van der Waals surface area contributed by atoms with Crippen LogP contribution in [0.3, 0.4) is 0 Å². The highest BCUT2D eigenvalue weighted by Crippen LogP contribution is 2.58. The number of hydrogen-bond acceptors (Lipinski definition) is 5. The van der Waals surface area contributed by atoms with E-state index in [4.69, 9.17) is 9.73 Å². The number of fused-ring (bicyclic) bond motifs is 6. The Labute approximate surface area is 372 Å². The Hall–Kier alpha value is -6.17. The first kappa shape index (κ1) is 38.5. The molecule has 4 heterocycles. The van der Waals surface area contributed by atoms with Gasteiger partial charge < -0.3 is 15.0 Å². The fraction of sp³-hybridized carbons (Fsp3) is 0.293. The topological polar surface area (TPSA) is 48.9 Å². The van der Waals surface area contributed by atoms with Crippen LogP contribution in [-0.4, -0.2) is 35.0 Å². The van der Waals surface area contributed by atoms with Gasteiger partial charge in [0.15, 0.2) is 0 Å². The van der Waals surface area contributed by atoms with E-state index < -0.39 is 0 Å². The van der Waals surface area contributed by atoms with E-state index >= 15 is 0 Å². The van der Waals surface area contributed by atoms with Crippen molar-refractivity contribution < 1.29 is 4.74 Å². The van der Waals surface area contributed by atoms with Crippen molar-refractivity contribution in [1.82, 2.24) is 15.5 Å². The van der Waals surface area contributed by atoms with Crippen molar-refractivity contribution in [3.05, 3.63) is 221 Å². The number of nitrogens with zero attached hydrogens (tertiary/aromatic N) is 2. The molecule has 314 valence electrons. The van der Waals surface area contributed by atoms with Gasteiger partial charge in [0, 0.05) is 51.9 Å². The van der Waals surface area contributed by atoms with E-state index in [1.54, 1.807) is 0 Å². The lowest BCUT2D eigenvalue weighted by Gasteiger charge is -2.44. The summed E-state index contributed by atoms with van der Waals surface area (Å²) in [5.41, 5.74) is 11.1. The monoisotopic (exact) mass is 824 g/mol. The van der Waals surface area contributed by atoms with E-state index in [1.165, 1.54) is 39.1 Å². The van der Waals surface area contributed by atoms with Crippen molar-refractivity contribution in [2.45, 2.75) is 75.8 Å². The van der Waals surface area contributed by atoms with Crippen LogP contribution in [0.2, 0.25) is 0 Å². The number of hydrogen-bond donors (Lipinski definition) is 2. The molecular formula is C58H56N4O. The highest BCUT2D eigenvalue weighted by Gasteiger charge is 2.57. The molecule has 5 aliphatic carbocycles. The maximum Gasteiger partial charge on any atom is 0.147 e. The van der Waals surface area contributed by atoms with Gasteiger partial charge in [0.2, 0.25) is 0 Å². The summed E-state index contributed by atoms with van der Waals surface area (Å²) in [7, 11) is 0. The van der Waals surface area contributed by atoms with Gasteiger partial charge in [-0.2, -0.15) is 0 Å². The van der Waals surface area contributed by atoms with Gasteiger partial charge in [0.25, 0.3) is 0 Å². The van der Waals surface area contributed by atoms with Crippen molar-refractivity contribution in [2.75, 3.05) is 0 Å². The van der Waals surface area contributed by atoms with E-state index in [1.807, 2.05) is 0 Å². The SMILES string of the molecule is CC12CC3C(C=C1Oc1ccccc12)C1CC=CC=C1N3C1N=C(C2=CC=C(c3ccccc3)C(C3C=CC=CC3)C2)C=C1C1NC(c2ccccc2)=CC(C2(C)C=CCC=C2)N1. The molecule has 0 spiro atoms. The Kier molecular flexibility index (Phi) is 9.33. The van der Waals surface area contributed by atoms with Crippen molar-refractivity contribution in [1.29, 1.82) is 0 Å². The Morgan fingerprint density at radius 3 is 2.35 bits per heavy atom. The highest BCUT2D eigenvalue weighted by atomic mass is 16.5. The summed E-state index contributed by atoms with van der Waals surface area (Å²) in [5.74, 6) is 3.57. The third kappa shape index (κ3) is 6.49. The molecule has 0 bridgehead atoms. The minimum Gasteiger partial charge on any atom is -0.461 e. The molecule has 3 aromatic carbocycles. The average Bonchev–Trinajstić information content (AvgIpc) is 4.01. The highest BCUT2D eigenvalue weighted by molar-refractivity contribution is 6.11. The van der Waals surface area contributed by atoms with Gasteiger partial charge in [-0.25, -0.2) is 0 Å². The number of nitrogens with one attached hydrogen (secondary N) is 2. The molecule has 0 radical (unpaired) electrons. The number of likely N-dealkylation sites (tertiary alicyclic amines) is 1. The molecule has 2 N–H and O–H groups in total. The second-order valence-electron chi connectivity index (χ2n) is 19.4. The van der Waals surface area contributed by atoms with Crippen LogP contribution in [0.4, 0.5) is 0 Å². The summed E-state index contributed by atoms with van der Waals surface area (Å²) in [6.45, 7) is 4.77. The van der Waals surface area contributed by atoms with E-state index in [-0.39, 0.29) is 35.2 Å². The normalized spacial score (nSPS) is 33.0. The van der Waals surface area contributed by atoms with E-state index in [9.17, 15) is 0 Å². The molecule has 1 saturated heterocycles. The molecule has 9 unspecified atom stereocenters. The second-order valence-corrected chi connectivity index (χ2v) is 19.4. The minimum absolute atomic E-state index is 0.0558. The number of rotatable bonds is 7. The standard InChI is InChI=1S/C58H56N4O/c1-57(31-17-6-18-32-57)53-36-49(40-23-11-5-12-24-40)59-55(61-53)46-34-48(41-29-30-42(38-19-7-3-8-20-38)44(33-41)39-21-9-4-10-22-39)60-56(46)62-50-27-15-13-25-43(50)45-35-54-58(2,37-51(45)62)47-26-14-16-28-52(47)63-54/h3-5,7-21,23-24,26-32,34-36,39,43-45,51,53,55-56,59,61H,6,22,25,33,37H2,1-2H3. The molecular weight excluding hydrogens is 769 g/mol. The predicted molar refractivity (Wildman–Crippen MR) is 257 cm³/mol. The summed E-state index contributed by atoms with van der Waals surface area (Å²) in [6.07, 6.45) is 42.4. The summed E-state index contributed by atoms with van der Waals surface area (Å²) >= 11 is 0. The molecule has 9 atom stereocenters. The maximum atomic E-state index is 6.72. The van der Waals surface area contributed by atoms with Crippen LogP contribution in [0.15, 0.2) is 210 Å². The van der Waals surface area contributed by atoms with Gasteiger partial charge in [-0.1, -0.05) is 159 Å². The summed E-state index contributed by atoms with van der Waals surface area (Å²) in [5, 5.41) is 8.29. The first-order chi connectivity index (χ1) is 30.9. The van der Waals surface area contributed by atoms with E-state index in [2.05, 4.69) is 212 Å². The van der Waals surface area contributed by atoms with Gasteiger partial charge in [0.05, 0.1) is 11.1 Å². The van der Waals surface area contributed by atoms with E-state index in [0.29, 0.717) is 23.7 Å². The maximum absolute atomic E-state index is 6.72. The molecule has 0 amide bonds. The van der Waals surface area contributed by atoms with Gasteiger partial charge in [-0.15, -0.1) is 0 Å². The quantitative estimate of drug-likeness (QED) is 0.233. The second kappa shape index (κ2) is 15.3. The first-order valence-electron chi connectivity index (χ1n) is 23.3. The Balaban J connectivity index is 0.992. The average molecular weight is 825 g/mol. The summed E-state index contributed by atoms with van der Waals surface area (Å²) in [4.78, 5) is 8.75. The molecule has 12 rings (SSSR count). The van der Waals surface area contributed by atoms with Gasteiger partial charge in [0.1, 0.15) is 23.8 Å². The molecule has 5 heteroatoms. The molecule has 63 heavy (non-hydrogen) atoms. The van der Waals surface area contributed by atoms with Crippen molar-refractivity contribution in [3.63, 3.8) is 0 Å². The number of para-hydroxylation sites is 1. The lowest BCUT2D eigenvalue weighted by Crippen LogP contribution is -2.58. The lowest BCUT2D eigenvalue weighted by molar-refractivity contribution is 0.165. The van der Waals surface area contributed by atoms with Crippen LogP contribution in [0, 0.1) is 29.1 Å². The van der Waals surface area contributed by atoms with Gasteiger partial charge in [-0.3, -0.25) is 10.3 Å². The van der Waals surface area contributed by atoms with Gasteiger partial charge >= 0.3 is 0 Å². The minimum atomic E-state index is -0.212. The van der Waals surface area contributed by atoms with Crippen molar-refractivity contribution in [3.8, 4) is 5.75 Å². The number of benzene rings is 3. The van der Waals surface area contributed by atoms with Crippen LogP contribution in [0.1, 0.15) is 62.6 Å². The van der Waals surface area contributed by atoms with Crippen molar-refractivity contribution in [2.24, 2.45) is 34.1 Å². The lowest BCUT2D eigenvalue weighted by atomic mass is 9.68. The van der Waals surface area contributed by atoms with E-state index in [0.717, 1.165) is 55.0 Å². The molecule has 5 nitrogen and oxygen atoms in total. The molecule has 4 aliphatic heterocycles. The van der Waals surface area contributed by atoms with Crippen molar-refractivity contribution >= 4 is 17.0 Å². The zero-order valence-electron chi connectivity index (χ0n) is 36.3. The molecule has 9 aliphatic rings. The zero-order chi connectivity index (χ0) is 42.1. The zero-order valence-corrected chi connectivity index (χ0v) is 36.3. The Morgan fingerprint density at radius 1 is 0.762 bits per heavy atom. The Bertz CT molecular complexity index is 2710. The molecule has 0 aromatic heterocycles. The molecule has 0 saturated carbocycles. The van der Waals surface area contributed by atoms with Crippen LogP contribution >= 0.6 is 0 Å². The van der Waals surface area contributed by atoms with Crippen LogP contribution in [0.25, 0.3) is 11.3 Å². The predicted octanol–water partition coefficient (Wildman–Crippen LogP) is 11.7. The molecule has 3 aromatic rings. The molecule has 1 fully saturated rings. The first-order valence-corrected chi connectivity index (χ1v) is 23.3. The largest absolute Gasteiger partial charge is 0.461 e. The third-order valence-corrected chi connectivity index (χ3v) is 15.6. The number of allylic oxidation sites excluding steroid dienone is 16. The Morgan fingerprint density at radius 2 is 1.54 bits per heavy atom. The third-order valence-electron chi connectivity index (χ3n) is 15.6. The number of aliphatic imine (C=N–C) groups is 1. The van der Waals surface area contributed by atoms with Crippen LogP contribution in [0.5, 0.6) is 5.75 Å². The van der Waals surface area contributed by atoms with Gasteiger partial charge in [-0.05, 0) is 104 Å². The fourth-order valence-corrected chi connectivity index (χ4v) is 12.3. The fourth-order valence-electron chi connectivity index (χ4n) is 12.3. The van der Waals surface area contributed by atoms with Crippen LogP contribution < -0.4 is 15.4 Å². The smallest absolute Gasteiger partial charge is 0.147 e. The van der Waals surface area contributed by atoms with Crippen LogP contribution in [-0.2, 0) is 5.41 Å². The summed E-state index contributed by atoms with van der Waals surface area (Å²) in [6, 6.07) is 30.9. The summed E-state index contributed by atoms with van der Waals surface area (Å²) < 4.78 is 6.72. The number of ether oxygens (including phenoxy) is 1.